The van der Waals surface area contributed by atoms with Gasteiger partial charge in [-0.1, -0.05) is 26.0 Å². The molecular weight excluding hydrogens is 206 g/mol. The molecule has 0 heterocycles. The summed E-state index contributed by atoms with van der Waals surface area (Å²) in [7, 11) is 0. The van der Waals surface area contributed by atoms with Crippen molar-refractivity contribution in [2.75, 3.05) is 6.61 Å². The van der Waals surface area contributed by atoms with Gasteiger partial charge in [-0.15, -0.1) is 0 Å². The molecule has 0 fully saturated rings. The Morgan fingerprint density at radius 3 is 2.50 bits per heavy atom. The summed E-state index contributed by atoms with van der Waals surface area (Å²) in [6, 6.07) is 6.72. The van der Waals surface area contributed by atoms with E-state index >= 15 is 0 Å². The summed E-state index contributed by atoms with van der Waals surface area (Å²) in [6.45, 7) is 4.47. The Balaban J connectivity index is 2.46. The first-order valence-electron chi connectivity index (χ1n) is 5.25. The molecule has 1 aromatic carbocycles. The van der Waals surface area contributed by atoms with Crippen LogP contribution >= 0.6 is 0 Å². The van der Waals surface area contributed by atoms with Crippen molar-refractivity contribution in [2.24, 2.45) is 5.92 Å². The molecule has 0 aliphatic heterocycles. The third-order valence-electron chi connectivity index (χ3n) is 1.98. The highest BCUT2D eigenvalue weighted by molar-refractivity contribution is 5.93. The number of amides is 1. The van der Waals surface area contributed by atoms with Gasteiger partial charge in [0.15, 0.2) is 0 Å². The molecule has 4 nitrogen and oxygen atoms in total. The summed E-state index contributed by atoms with van der Waals surface area (Å²) in [5, 5.41) is 8.84. The highest BCUT2D eigenvalue weighted by Crippen LogP contribution is 2.04. The van der Waals surface area contributed by atoms with E-state index in [4.69, 9.17) is 9.94 Å². The van der Waals surface area contributed by atoms with Crippen molar-refractivity contribution in [2.45, 2.75) is 20.5 Å². The third-order valence-corrected chi connectivity index (χ3v) is 1.98. The van der Waals surface area contributed by atoms with E-state index in [1.54, 1.807) is 24.3 Å². The van der Waals surface area contributed by atoms with E-state index in [1.165, 1.54) is 0 Å². The molecule has 0 atom stereocenters. The quantitative estimate of drug-likeness (QED) is 0.744. The van der Waals surface area contributed by atoms with Gasteiger partial charge in [-0.2, -0.15) is 0 Å². The maximum absolute atomic E-state index is 11.5. The standard InChI is InChI=1S/C12H17NO3/c1-9(2)8-16-13-12(15)11-5-3-10(7-14)4-6-11/h3-6,9,14H,7-8H2,1-2H3,(H,13,15). The fourth-order valence-electron chi connectivity index (χ4n) is 1.09. The van der Waals surface area contributed by atoms with Crippen LogP contribution < -0.4 is 5.48 Å². The topological polar surface area (TPSA) is 58.6 Å². The fourth-order valence-corrected chi connectivity index (χ4v) is 1.09. The fraction of sp³-hybridized carbons (Fsp3) is 0.417. The van der Waals surface area contributed by atoms with Gasteiger partial charge in [0, 0.05) is 5.56 Å². The van der Waals surface area contributed by atoms with E-state index in [9.17, 15) is 4.79 Å². The normalized spacial score (nSPS) is 10.5. The molecule has 88 valence electrons. The molecule has 0 bridgehead atoms. The average Bonchev–Trinajstić information content (AvgIpc) is 2.28. The lowest BCUT2D eigenvalue weighted by Gasteiger charge is -2.07. The Hall–Kier alpha value is -1.39. The summed E-state index contributed by atoms with van der Waals surface area (Å²) in [6.07, 6.45) is 0. The number of hydrogen-bond acceptors (Lipinski definition) is 3. The highest BCUT2D eigenvalue weighted by atomic mass is 16.6. The van der Waals surface area contributed by atoms with Crippen LogP contribution in [0.1, 0.15) is 29.8 Å². The Bertz CT molecular complexity index is 333. The predicted octanol–water partition coefficient (Wildman–Crippen LogP) is 1.50. The van der Waals surface area contributed by atoms with Crippen molar-refractivity contribution in [3.63, 3.8) is 0 Å². The van der Waals surface area contributed by atoms with Gasteiger partial charge in [-0.25, -0.2) is 5.48 Å². The molecule has 2 N–H and O–H groups in total. The molecule has 1 aromatic rings. The predicted molar refractivity (Wildman–Crippen MR) is 60.6 cm³/mol. The van der Waals surface area contributed by atoms with Crippen LogP contribution in [-0.2, 0) is 11.4 Å². The van der Waals surface area contributed by atoms with Crippen molar-refractivity contribution < 1.29 is 14.7 Å². The molecule has 0 unspecified atom stereocenters. The second kappa shape index (κ2) is 6.25. The zero-order valence-corrected chi connectivity index (χ0v) is 9.56. The largest absolute Gasteiger partial charge is 0.392 e. The number of aliphatic hydroxyl groups is 1. The second-order valence-electron chi connectivity index (χ2n) is 3.99. The van der Waals surface area contributed by atoms with E-state index in [2.05, 4.69) is 5.48 Å². The molecular formula is C12H17NO3. The van der Waals surface area contributed by atoms with E-state index in [-0.39, 0.29) is 12.5 Å². The zero-order chi connectivity index (χ0) is 12.0. The monoisotopic (exact) mass is 223 g/mol. The average molecular weight is 223 g/mol. The van der Waals surface area contributed by atoms with Gasteiger partial charge in [0.1, 0.15) is 0 Å². The van der Waals surface area contributed by atoms with Gasteiger partial charge >= 0.3 is 0 Å². The van der Waals surface area contributed by atoms with E-state index in [0.717, 1.165) is 5.56 Å². The van der Waals surface area contributed by atoms with Crippen molar-refractivity contribution >= 4 is 5.91 Å². The van der Waals surface area contributed by atoms with Gasteiger partial charge in [0.25, 0.3) is 5.91 Å². The zero-order valence-electron chi connectivity index (χ0n) is 9.56. The van der Waals surface area contributed by atoms with Crippen LogP contribution in [0.3, 0.4) is 0 Å². The van der Waals surface area contributed by atoms with E-state index in [0.29, 0.717) is 18.1 Å². The van der Waals surface area contributed by atoms with Gasteiger partial charge in [0.05, 0.1) is 13.2 Å². The molecule has 0 spiro atoms. The number of hydroxylamine groups is 1. The van der Waals surface area contributed by atoms with Crippen molar-refractivity contribution in [1.29, 1.82) is 0 Å². The minimum atomic E-state index is -0.273. The molecule has 1 rings (SSSR count). The number of rotatable bonds is 5. The Labute approximate surface area is 95.2 Å². The lowest BCUT2D eigenvalue weighted by molar-refractivity contribution is 0.0208. The molecule has 4 heteroatoms. The molecule has 0 saturated heterocycles. The highest BCUT2D eigenvalue weighted by Gasteiger charge is 2.05. The van der Waals surface area contributed by atoms with Crippen molar-refractivity contribution in [3.8, 4) is 0 Å². The van der Waals surface area contributed by atoms with E-state index < -0.39 is 0 Å². The maximum atomic E-state index is 11.5. The summed E-state index contributed by atoms with van der Waals surface area (Å²) >= 11 is 0. The smallest absolute Gasteiger partial charge is 0.274 e. The van der Waals surface area contributed by atoms with Gasteiger partial charge in [-0.05, 0) is 23.6 Å². The summed E-state index contributed by atoms with van der Waals surface area (Å²) in [4.78, 5) is 16.5. The maximum Gasteiger partial charge on any atom is 0.274 e. The summed E-state index contributed by atoms with van der Waals surface area (Å²) in [5.41, 5.74) is 3.66. The van der Waals surface area contributed by atoms with Gasteiger partial charge in [-0.3, -0.25) is 9.63 Å². The first kappa shape index (κ1) is 12.7. The van der Waals surface area contributed by atoms with Crippen molar-refractivity contribution in [1.82, 2.24) is 5.48 Å². The van der Waals surface area contributed by atoms with Crippen LogP contribution in [0.15, 0.2) is 24.3 Å². The first-order chi connectivity index (χ1) is 7.63. The lowest BCUT2D eigenvalue weighted by atomic mass is 10.1. The number of hydrogen-bond donors (Lipinski definition) is 2. The van der Waals surface area contributed by atoms with Crippen molar-refractivity contribution in [3.05, 3.63) is 35.4 Å². The van der Waals surface area contributed by atoms with Crippen LogP contribution in [0, 0.1) is 5.92 Å². The van der Waals surface area contributed by atoms with Crippen LogP contribution in [0.25, 0.3) is 0 Å². The SMILES string of the molecule is CC(C)CONC(=O)c1ccc(CO)cc1. The minimum absolute atomic E-state index is 0.0221. The second-order valence-corrected chi connectivity index (χ2v) is 3.99. The summed E-state index contributed by atoms with van der Waals surface area (Å²) < 4.78 is 0. The van der Waals surface area contributed by atoms with E-state index in [1.807, 2.05) is 13.8 Å². The number of carbonyl (C=O) groups excluding carboxylic acids is 1. The molecule has 1 amide bonds. The number of aliphatic hydroxyl groups excluding tert-OH is 1. The van der Waals surface area contributed by atoms with Gasteiger partial charge < -0.3 is 5.11 Å². The minimum Gasteiger partial charge on any atom is -0.392 e. The molecule has 0 aliphatic carbocycles. The Morgan fingerprint density at radius 1 is 1.38 bits per heavy atom. The van der Waals surface area contributed by atoms with Crippen LogP contribution in [0.2, 0.25) is 0 Å². The molecule has 0 saturated carbocycles. The Morgan fingerprint density at radius 2 is 2.00 bits per heavy atom. The lowest BCUT2D eigenvalue weighted by Crippen LogP contribution is -2.25. The third kappa shape index (κ3) is 4.00. The summed E-state index contributed by atoms with van der Waals surface area (Å²) in [5.74, 6) is 0.0993. The van der Waals surface area contributed by atoms with Gasteiger partial charge in [0.2, 0.25) is 0 Å². The molecule has 0 aromatic heterocycles. The Kier molecular flexibility index (Phi) is 4.95. The first-order valence-corrected chi connectivity index (χ1v) is 5.25. The van der Waals surface area contributed by atoms with Crippen LogP contribution in [0.5, 0.6) is 0 Å². The molecule has 0 aliphatic rings. The molecule has 16 heavy (non-hydrogen) atoms. The number of benzene rings is 1. The number of carbonyl (C=O) groups is 1. The van der Waals surface area contributed by atoms with Crippen LogP contribution in [0.4, 0.5) is 0 Å². The number of nitrogens with one attached hydrogen (secondary N) is 1. The molecule has 0 radical (unpaired) electrons. The van der Waals surface area contributed by atoms with Crippen LogP contribution in [-0.4, -0.2) is 17.6 Å².